The zero-order chi connectivity index (χ0) is 17.1. The van der Waals surface area contributed by atoms with E-state index in [0.29, 0.717) is 13.1 Å². The topological polar surface area (TPSA) is 73.6 Å². The minimum atomic E-state index is -0.0362. The van der Waals surface area contributed by atoms with Crippen LogP contribution < -0.4 is 20.5 Å². The highest BCUT2D eigenvalue weighted by molar-refractivity contribution is 5.72. The molecule has 0 bridgehead atoms. The van der Waals surface area contributed by atoms with E-state index in [1.165, 1.54) is 6.92 Å². The fourth-order valence-electron chi connectivity index (χ4n) is 1.94. The summed E-state index contributed by atoms with van der Waals surface area (Å²) in [7, 11) is 3.26. The molecule has 2 aromatic rings. The van der Waals surface area contributed by atoms with Crippen molar-refractivity contribution < 1.29 is 14.3 Å². The molecule has 0 unspecified atom stereocenters. The summed E-state index contributed by atoms with van der Waals surface area (Å²) in [5, 5.41) is 2.72. The van der Waals surface area contributed by atoms with Crippen LogP contribution in [0.1, 0.15) is 18.1 Å². The highest BCUT2D eigenvalue weighted by Gasteiger charge is 2.00. The van der Waals surface area contributed by atoms with Crippen LogP contribution in [-0.2, 0) is 17.9 Å². The molecular weight excluding hydrogens is 292 g/mol. The fraction of sp³-hybridized carbons (Fsp3) is 0.278. The van der Waals surface area contributed by atoms with Crippen molar-refractivity contribution in [3.05, 3.63) is 59.7 Å². The summed E-state index contributed by atoms with van der Waals surface area (Å²) >= 11 is 0. The fourth-order valence-corrected chi connectivity index (χ4v) is 1.94. The van der Waals surface area contributed by atoms with Crippen molar-refractivity contribution in [1.29, 1.82) is 0 Å². The third kappa shape index (κ3) is 6.40. The maximum absolute atomic E-state index is 10.7. The third-order valence-corrected chi connectivity index (χ3v) is 3.13. The van der Waals surface area contributed by atoms with Crippen LogP contribution in [0.25, 0.3) is 0 Å². The standard InChI is InChI=1S/C10H13NO2.C8H11NO/c1-8(12)11-7-9-5-3-4-6-10(9)13-2;1-10-8-5-3-2-4-7(8)6-9/h3-6H,7H2,1-2H3,(H,11,12);2-5H,6,9H2,1H3. The largest absolute Gasteiger partial charge is 0.496 e. The van der Waals surface area contributed by atoms with Crippen LogP contribution >= 0.6 is 0 Å². The monoisotopic (exact) mass is 316 g/mol. The molecule has 124 valence electrons. The Bertz CT molecular complexity index is 592. The SMILES string of the molecule is COc1ccccc1CN.COc1ccccc1CNC(C)=O. The molecule has 0 spiro atoms. The van der Waals surface area contributed by atoms with Gasteiger partial charge in [0.15, 0.2) is 0 Å². The van der Waals surface area contributed by atoms with E-state index in [1.54, 1.807) is 14.2 Å². The Morgan fingerprint density at radius 2 is 1.43 bits per heavy atom. The Kier molecular flexibility index (Phi) is 8.24. The lowest BCUT2D eigenvalue weighted by Gasteiger charge is -2.07. The van der Waals surface area contributed by atoms with Gasteiger partial charge in [-0.1, -0.05) is 36.4 Å². The molecule has 0 radical (unpaired) electrons. The molecule has 0 aliphatic carbocycles. The third-order valence-electron chi connectivity index (χ3n) is 3.13. The van der Waals surface area contributed by atoms with Crippen LogP contribution in [0.15, 0.2) is 48.5 Å². The van der Waals surface area contributed by atoms with Gasteiger partial charge in [0.05, 0.1) is 14.2 Å². The number of methoxy groups -OCH3 is 2. The molecule has 0 fully saturated rings. The minimum Gasteiger partial charge on any atom is -0.496 e. The predicted octanol–water partition coefficient (Wildman–Crippen LogP) is 2.49. The summed E-state index contributed by atoms with van der Waals surface area (Å²) < 4.78 is 10.2. The maximum atomic E-state index is 10.7. The van der Waals surface area contributed by atoms with Crippen molar-refractivity contribution in [2.75, 3.05) is 14.2 Å². The van der Waals surface area contributed by atoms with Gasteiger partial charge in [0.1, 0.15) is 11.5 Å². The van der Waals surface area contributed by atoms with Crippen LogP contribution in [-0.4, -0.2) is 20.1 Å². The number of nitrogens with two attached hydrogens (primary N) is 1. The molecule has 0 atom stereocenters. The number of amides is 1. The quantitative estimate of drug-likeness (QED) is 0.889. The molecule has 5 heteroatoms. The van der Waals surface area contributed by atoms with Crippen molar-refractivity contribution in [2.24, 2.45) is 5.73 Å². The molecule has 23 heavy (non-hydrogen) atoms. The van der Waals surface area contributed by atoms with E-state index < -0.39 is 0 Å². The smallest absolute Gasteiger partial charge is 0.217 e. The average Bonchev–Trinajstić information content (AvgIpc) is 2.60. The molecule has 5 nitrogen and oxygen atoms in total. The second-order valence-corrected chi connectivity index (χ2v) is 4.74. The number of para-hydroxylation sites is 2. The van der Waals surface area contributed by atoms with Gasteiger partial charge in [0.2, 0.25) is 5.91 Å². The van der Waals surface area contributed by atoms with Gasteiger partial charge in [-0.15, -0.1) is 0 Å². The summed E-state index contributed by atoms with van der Waals surface area (Å²) in [5.74, 6) is 1.63. The Balaban J connectivity index is 0.000000238. The molecule has 0 saturated carbocycles. The summed E-state index contributed by atoms with van der Waals surface area (Å²) in [6.07, 6.45) is 0. The molecule has 1 amide bonds. The van der Waals surface area contributed by atoms with Crippen LogP contribution in [0.4, 0.5) is 0 Å². The van der Waals surface area contributed by atoms with Crippen LogP contribution in [0.5, 0.6) is 11.5 Å². The van der Waals surface area contributed by atoms with Gasteiger partial charge in [0.25, 0.3) is 0 Å². The first-order valence-corrected chi connectivity index (χ1v) is 7.30. The highest BCUT2D eigenvalue weighted by Crippen LogP contribution is 2.16. The number of hydrogen-bond donors (Lipinski definition) is 2. The van der Waals surface area contributed by atoms with E-state index in [2.05, 4.69) is 5.32 Å². The second kappa shape index (κ2) is 10.2. The number of ether oxygens (including phenoxy) is 2. The van der Waals surface area contributed by atoms with E-state index in [-0.39, 0.29) is 5.91 Å². The van der Waals surface area contributed by atoms with Gasteiger partial charge < -0.3 is 20.5 Å². The van der Waals surface area contributed by atoms with Gasteiger partial charge in [-0.05, 0) is 12.1 Å². The Morgan fingerprint density at radius 3 is 1.87 bits per heavy atom. The van der Waals surface area contributed by atoms with Crippen molar-refractivity contribution in [3.8, 4) is 11.5 Å². The van der Waals surface area contributed by atoms with Crippen molar-refractivity contribution in [2.45, 2.75) is 20.0 Å². The Hall–Kier alpha value is -2.53. The van der Waals surface area contributed by atoms with Gasteiger partial charge in [0, 0.05) is 31.1 Å². The van der Waals surface area contributed by atoms with Crippen LogP contribution in [0, 0.1) is 0 Å². The molecule has 0 aromatic heterocycles. The van der Waals surface area contributed by atoms with Gasteiger partial charge in [-0.2, -0.15) is 0 Å². The van der Waals surface area contributed by atoms with Crippen LogP contribution in [0.2, 0.25) is 0 Å². The van der Waals surface area contributed by atoms with Crippen LogP contribution in [0.3, 0.4) is 0 Å². The molecule has 2 rings (SSSR count). The maximum Gasteiger partial charge on any atom is 0.217 e. The lowest BCUT2D eigenvalue weighted by atomic mass is 10.2. The first-order valence-electron chi connectivity index (χ1n) is 7.30. The zero-order valence-electron chi connectivity index (χ0n) is 13.8. The van der Waals surface area contributed by atoms with Crippen molar-refractivity contribution in [3.63, 3.8) is 0 Å². The molecule has 0 aliphatic heterocycles. The highest BCUT2D eigenvalue weighted by atomic mass is 16.5. The number of carbonyl (C=O) groups is 1. The van der Waals surface area contributed by atoms with E-state index >= 15 is 0 Å². The average molecular weight is 316 g/mol. The Morgan fingerprint density at radius 1 is 0.957 bits per heavy atom. The lowest BCUT2D eigenvalue weighted by Crippen LogP contribution is -2.19. The van der Waals surface area contributed by atoms with E-state index in [9.17, 15) is 4.79 Å². The van der Waals surface area contributed by atoms with Gasteiger partial charge >= 0.3 is 0 Å². The number of nitrogens with one attached hydrogen (secondary N) is 1. The molecule has 0 heterocycles. The molecular formula is C18H24N2O3. The Labute approximate surface area is 137 Å². The summed E-state index contributed by atoms with van der Waals surface area (Å²) in [5.41, 5.74) is 7.48. The number of benzene rings is 2. The summed E-state index contributed by atoms with van der Waals surface area (Å²) in [6, 6.07) is 15.4. The zero-order valence-corrected chi connectivity index (χ0v) is 13.8. The van der Waals surface area contributed by atoms with Crippen molar-refractivity contribution >= 4 is 5.91 Å². The summed E-state index contributed by atoms with van der Waals surface area (Å²) in [4.78, 5) is 10.7. The molecule has 0 aliphatic rings. The number of carbonyl (C=O) groups excluding carboxylic acids is 1. The summed E-state index contributed by atoms with van der Waals surface area (Å²) in [6.45, 7) is 2.54. The number of hydrogen-bond acceptors (Lipinski definition) is 4. The van der Waals surface area contributed by atoms with Gasteiger partial charge in [-0.3, -0.25) is 4.79 Å². The second-order valence-electron chi connectivity index (χ2n) is 4.74. The molecule has 3 N–H and O–H groups in total. The predicted molar refractivity (Wildman–Crippen MR) is 91.4 cm³/mol. The van der Waals surface area contributed by atoms with Crippen molar-refractivity contribution in [1.82, 2.24) is 5.32 Å². The first-order chi connectivity index (χ1) is 11.1. The van der Waals surface area contributed by atoms with E-state index in [4.69, 9.17) is 15.2 Å². The van der Waals surface area contributed by atoms with E-state index in [1.807, 2.05) is 48.5 Å². The normalized spacial score (nSPS) is 9.39. The number of rotatable bonds is 5. The first kappa shape index (κ1) is 18.5. The molecule has 0 saturated heterocycles. The molecule has 2 aromatic carbocycles. The van der Waals surface area contributed by atoms with E-state index in [0.717, 1.165) is 22.6 Å². The lowest BCUT2D eigenvalue weighted by molar-refractivity contribution is -0.119. The van der Waals surface area contributed by atoms with Gasteiger partial charge in [-0.25, -0.2) is 0 Å². The minimum absolute atomic E-state index is 0.0362.